The molecule has 20 heavy (non-hydrogen) atoms. The number of hydrogen-bond donors (Lipinski definition) is 0. The summed E-state index contributed by atoms with van der Waals surface area (Å²) in [4.78, 5) is 12.9. The molecule has 1 heterocycles. The summed E-state index contributed by atoms with van der Waals surface area (Å²) in [6.07, 6.45) is 0. The summed E-state index contributed by atoms with van der Waals surface area (Å²) in [6, 6.07) is 11.0. The van der Waals surface area contributed by atoms with E-state index < -0.39 is 0 Å². The Morgan fingerprint density at radius 2 is 1.80 bits per heavy atom. The summed E-state index contributed by atoms with van der Waals surface area (Å²) in [6.45, 7) is 0. The van der Waals surface area contributed by atoms with Crippen LogP contribution in [-0.2, 0) is 0 Å². The minimum Gasteiger partial charge on any atom is -0.288 e. The molecule has 0 spiro atoms. The molecule has 0 saturated heterocycles. The molecule has 0 amide bonds. The maximum absolute atomic E-state index is 13.2. The van der Waals surface area contributed by atoms with E-state index in [4.69, 9.17) is 23.2 Å². The maximum atomic E-state index is 13.2. The highest BCUT2D eigenvalue weighted by atomic mass is 35.5. The molecule has 0 bridgehead atoms. The first-order chi connectivity index (χ1) is 9.54. The predicted molar refractivity (Wildman–Crippen MR) is 81.7 cm³/mol. The van der Waals surface area contributed by atoms with Crippen molar-refractivity contribution in [3.05, 3.63) is 68.8 Å². The molecule has 0 atom stereocenters. The molecule has 0 saturated carbocycles. The smallest absolute Gasteiger partial charge is 0.203 e. The van der Waals surface area contributed by atoms with Crippen LogP contribution in [0.1, 0.15) is 15.2 Å². The molecule has 0 unspecified atom stereocenters. The molecule has 0 aliphatic heterocycles. The molecule has 5 heteroatoms. The molecule has 1 aromatic heterocycles. The molecule has 3 rings (SSSR count). The van der Waals surface area contributed by atoms with Crippen LogP contribution in [0, 0.1) is 5.82 Å². The van der Waals surface area contributed by atoms with Crippen LogP contribution >= 0.6 is 34.5 Å². The third-order valence-electron chi connectivity index (χ3n) is 2.89. The fraction of sp³-hybridized carbons (Fsp3) is 0. The van der Waals surface area contributed by atoms with Crippen molar-refractivity contribution in [2.45, 2.75) is 0 Å². The Balaban J connectivity index is 2.05. The van der Waals surface area contributed by atoms with Gasteiger partial charge in [0, 0.05) is 10.3 Å². The van der Waals surface area contributed by atoms with Crippen molar-refractivity contribution in [1.29, 1.82) is 0 Å². The van der Waals surface area contributed by atoms with E-state index in [-0.39, 0.29) is 11.6 Å². The highest BCUT2D eigenvalue weighted by Gasteiger charge is 2.14. The molecule has 0 N–H and O–H groups in total. The first kappa shape index (κ1) is 13.6. The van der Waals surface area contributed by atoms with Gasteiger partial charge in [-0.3, -0.25) is 4.79 Å². The van der Waals surface area contributed by atoms with Gasteiger partial charge in [-0.2, -0.15) is 0 Å². The second-order valence-corrected chi connectivity index (χ2v) is 6.15. The summed E-state index contributed by atoms with van der Waals surface area (Å²) in [7, 11) is 0. The van der Waals surface area contributed by atoms with Crippen molar-refractivity contribution in [2.75, 3.05) is 0 Å². The first-order valence-corrected chi connectivity index (χ1v) is 7.31. The Kier molecular flexibility index (Phi) is 3.50. The molecular formula is C15H7Cl2FOS. The Labute approximate surface area is 128 Å². The average molecular weight is 325 g/mol. The number of carbonyl (C=O) groups is 1. The van der Waals surface area contributed by atoms with Crippen LogP contribution in [0.25, 0.3) is 10.1 Å². The van der Waals surface area contributed by atoms with Crippen molar-refractivity contribution >= 4 is 50.4 Å². The number of benzene rings is 2. The topological polar surface area (TPSA) is 17.1 Å². The fourth-order valence-corrected chi connectivity index (χ4v) is 3.24. The van der Waals surface area contributed by atoms with Crippen molar-refractivity contribution in [1.82, 2.24) is 0 Å². The second kappa shape index (κ2) is 5.17. The van der Waals surface area contributed by atoms with Gasteiger partial charge in [-0.15, -0.1) is 11.3 Å². The lowest BCUT2D eigenvalue weighted by atomic mass is 10.1. The zero-order valence-electron chi connectivity index (χ0n) is 9.99. The number of fused-ring (bicyclic) bond motifs is 1. The van der Waals surface area contributed by atoms with Gasteiger partial charge in [-0.25, -0.2) is 4.39 Å². The van der Waals surface area contributed by atoms with E-state index in [0.29, 0.717) is 20.5 Å². The number of thiophene rings is 1. The van der Waals surface area contributed by atoms with E-state index in [1.807, 2.05) is 0 Å². The zero-order valence-corrected chi connectivity index (χ0v) is 12.3. The zero-order chi connectivity index (χ0) is 14.3. The normalized spacial score (nSPS) is 10.9. The van der Waals surface area contributed by atoms with Gasteiger partial charge in [0.2, 0.25) is 5.78 Å². The molecule has 0 aliphatic rings. The van der Waals surface area contributed by atoms with Crippen LogP contribution in [0.3, 0.4) is 0 Å². The van der Waals surface area contributed by atoms with Gasteiger partial charge in [0.25, 0.3) is 0 Å². The number of ketones is 1. The Hall–Kier alpha value is -1.42. The largest absolute Gasteiger partial charge is 0.288 e. The van der Waals surface area contributed by atoms with Gasteiger partial charge in [-0.1, -0.05) is 29.3 Å². The minimum atomic E-state index is -0.312. The Morgan fingerprint density at radius 1 is 1.00 bits per heavy atom. The highest BCUT2D eigenvalue weighted by Crippen LogP contribution is 2.29. The van der Waals surface area contributed by atoms with E-state index in [1.54, 1.807) is 24.3 Å². The van der Waals surface area contributed by atoms with E-state index in [9.17, 15) is 9.18 Å². The van der Waals surface area contributed by atoms with Crippen LogP contribution in [0.15, 0.2) is 42.5 Å². The number of hydrogen-bond acceptors (Lipinski definition) is 2. The Morgan fingerprint density at radius 3 is 2.55 bits per heavy atom. The maximum Gasteiger partial charge on any atom is 0.203 e. The van der Waals surface area contributed by atoms with Gasteiger partial charge >= 0.3 is 0 Å². The second-order valence-electron chi connectivity index (χ2n) is 4.25. The molecule has 100 valence electrons. The van der Waals surface area contributed by atoms with Crippen molar-refractivity contribution in [2.24, 2.45) is 0 Å². The molecule has 1 nitrogen and oxygen atoms in total. The number of halogens is 3. The summed E-state index contributed by atoms with van der Waals surface area (Å²) in [5.74, 6) is -0.460. The predicted octanol–water partition coefficient (Wildman–Crippen LogP) is 5.58. The lowest BCUT2D eigenvalue weighted by Gasteiger charge is -2.00. The molecular weight excluding hydrogens is 318 g/mol. The van der Waals surface area contributed by atoms with Gasteiger partial charge in [0.1, 0.15) is 5.82 Å². The average Bonchev–Trinajstić information content (AvgIpc) is 2.84. The van der Waals surface area contributed by atoms with Crippen molar-refractivity contribution < 1.29 is 9.18 Å². The standard InChI is InChI=1S/C15H7Cl2FOS/c16-11-4-2-9(5-12(11)17)15(19)14-6-8-1-3-10(18)7-13(8)20-14/h1-7H. The third kappa shape index (κ3) is 2.44. The lowest BCUT2D eigenvalue weighted by Crippen LogP contribution is -1.98. The summed E-state index contributed by atoms with van der Waals surface area (Å²) < 4.78 is 13.9. The van der Waals surface area contributed by atoms with Gasteiger partial charge < -0.3 is 0 Å². The van der Waals surface area contributed by atoms with Crippen LogP contribution in [0.2, 0.25) is 10.0 Å². The third-order valence-corrected chi connectivity index (χ3v) is 4.72. The highest BCUT2D eigenvalue weighted by molar-refractivity contribution is 7.21. The quantitative estimate of drug-likeness (QED) is 0.562. The van der Waals surface area contributed by atoms with Gasteiger partial charge in [-0.05, 0) is 41.8 Å². The number of carbonyl (C=O) groups excluding carboxylic acids is 1. The van der Waals surface area contributed by atoms with Crippen LogP contribution in [0.5, 0.6) is 0 Å². The van der Waals surface area contributed by atoms with E-state index in [0.717, 1.165) is 10.1 Å². The van der Waals surface area contributed by atoms with Crippen molar-refractivity contribution in [3.8, 4) is 0 Å². The van der Waals surface area contributed by atoms with E-state index in [2.05, 4.69) is 0 Å². The molecule has 0 fully saturated rings. The molecule has 0 radical (unpaired) electrons. The summed E-state index contributed by atoms with van der Waals surface area (Å²) in [5.41, 5.74) is 0.464. The summed E-state index contributed by atoms with van der Waals surface area (Å²) >= 11 is 13.0. The van der Waals surface area contributed by atoms with Gasteiger partial charge in [0.05, 0.1) is 14.9 Å². The summed E-state index contributed by atoms with van der Waals surface area (Å²) in [5, 5.41) is 1.59. The van der Waals surface area contributed by atoms with Crippen LogP contribution < -0.4 is 0 Å². The van der Waals surface area contributed by atoms with Gasteiger partial charge in [0.15, 0.2) is 0 Å². The van der Waals surface area contributed by atoms with Crippen molar-refractivity contribution in [3.63, 3.8) is 0 Å². The molecule has 3 aromatic rings. The van der Waals surface area contributed by atoms with Crippen LogP contribution in [-0.4, -0.2) is 5.78 Å². The fourth-order valence-electron chi connectivity index (χ4n) is 1.90. The molecule has 0 aliphatic carbocycles. The lowest BCUT2D eigenvalue weighted by molar-refractivity contribution is 0.104. The molecule has 2 aromatic carbocycles. The Bertz CT molecular complexity index is 826. The van der Waals surface area contributed by atoms with Crippen LogP contribution in [0.4, 0.5) is 4.39 Å². The number of rotatable bonds is 2. The minimum absolute atomic E-state index is 0.148. The SMILES string of the molecule is O=C(c1ccc(Cl)c(Cl)c1)c1cc2ccc(F)cc2s1. The first-order valence-electron chi connectivity index (χ1n) is 5.73. The monoisotopic (exact) mass is 324 g/mol. The van der Waals surface area contributed by atoms with E-state index in [1.165, 1.54) is 29.5 Å². The van der Waals surface area contributed by atoms with E-state index >= 15 is 0 Å².